The molecule has 0 aliphatic rings. The fourth-order valence-electron chi connectivity index (χ4n) is 3.36. The number of aromatic nitrogens is 2. The van der Waals surface area contributed by atoms with Gasteiger partial charge in [0.15, 0.2) is 0 Å². The molecule has 7 heteroatoms. The van der Waals surface area contributed by atoms with Crippen LogP contribution in [0.4, 0.5) is 5.69 Å². The average molecular weight is 441 g/mol. The van der Waals surface area contributed by atoms with Crippen LogP contribution in [0.15, 0.2) is 85.1 Å². The number of methoxy groups -OCH3 is 1. The maximum absolute atomic E-state index is 13.1. The van der Waals surface area contributed by atoms with Gasteiger partial charge in [-0.05, 0) is 54.1 Å². The second-order valence-corrected chi connectivity index (χ2v) is 7.40. The van der Waals surface area contributed by atoms with Gasteiger partial charge < -0.3 is 14.8 Å². The van der Waals surface area contributed by atoms with Gasteiger partial charge in [-0.3, -0.25) is 9.48 Å². The molecule has 0 aliphatic heterocycles. The van der Waals surface area contributed by atoms with Crippen LogP contribution >= 0.6 is 0 Å². The number of carbonyl (C=O) groups is 2. The maximum Gasteiger partial charge on any atom is 0.347 e. The van der Waals surface area contributed by atoms with E-state index in [4.69, 9.17) is 9.47 Å². The molecule has 0 spiro atoms. The van der Waals surface area contributed by atoms with Gasteiger partial charge in [-0.2, -0.15) is 5.10 Å². The summed E-state index contributed by atoms with van der Waals surface area (Å²) < 4.78 is 12.6. The Bertz CT molecular complexity index is 1250. The molecule has 1 heterocycles. The van der Waals surface area contributed by atoms with Crippen LogP contribution in [0.1, 0.15) is 22.8 Å². The van der Waals surface area contributed by atoms with Crippen LogP contribution in [0.3, 0.4) is 0 Å². The summed E-state index contributed by atoms with van der Waals surface area (Å²) in [6, 6.07) is 23.8. The molecule has 7 nitrogen and oxygen atoms in total. The molecule has 0 fully saturated rings. The van der Waals surface area contributed by atoms with Crippen LogP contribution in [0.25, 0.3) is 11.3 Å². The summed E-state index contributed by atoms with van der Waals surface area (Å²) in [5.41, 5.74) is 3.33. The molecule has 0 saturated heterocycles. The van der Waals surface area contributed by atoms with E-state index in [1.807, 2.05) is 54.6 Å². The molecule has 1 aromatic heterocycles. The third kappa shape index (κ3) is 5.46. The lowest BCUT2D eigenvalue weighted by Gasteiger charge is -2.07. The lowest BCUT2D eigenvalue weighted by molar-refractivity contribution is -0.114. The van der Waals surface area contributed by atoms with Crippen LogP contribution < -0.4 is 14.8 Å². The first-order chi connectivity index (χ1) is 16.0. The Morgan fingerprint density at radius 3 is 2.21 bits per heavy atom. The summed E-state index contributed by atoms with van der Waals surface area (Å²) >= 11 is 0. The SMILES string of the molecule is COc1ccc(-c2nn(Cc3ccccc3)cc2C(=O)Oc2ccc(NC(C)=O)cc2)cc1. The van der Waals surface area contributed by atoms with E-state index in [0.29, 0.717) is 35.0 Å². The van der Waals surface area contributed by atoms with Gasteiger partial charge in [-0.15, -0.1) is 0 Å². The number of amides is 1. The Kier molecular flexibility index (Phi) is 6.50. The zero-order chi connectivity index (χ0) is 23.2. The first-order valence-electron chi connectivity index (χ1n) is 10.4. The summed E-state index contributed by atoms with van der Waals surface area (Å²) in [7, 11) is 1.60. The van der Waals surface area contributed by atoms with E-state index in [0.717, 1.165) is 11.1 Å². The number of benzene rings is 3. The van der Waals surface area contributed by atoms with E-state index in [1.165, 1.54) is 6.92 Å². The summed E-state index contributed by atoms with van der Waals surface area (Å²) in [6.07, 6.45) is 1.70. The predicted molar refractivity (Wildman–Crippen MR) is 125 cm³/mol. The van der Waals surface area contributed by atoms with Crippen molar-refractivity contribution in [3.8, 4) is 22.8 Å². The Balaban J connectivity index is 1.62. The molecule has 0 saturated carbocycles. The van der Waals surface area contributed by atoms with Crippen molar-refractivity contribution < 1.29 is 19.1 Å². The second kappa shape index (κ2) is 9.82. The summed E-state index contributed by atoms with van der Waals surface area (Å²) in [6.45, 7) is 1.95. The minimum atomic E-state index is -0.521. The smallest absolute Gasteiger partial charge is 0.347 e. The lowest BCUT2D eigenvalue weighted by Crippen LogP contribution is -2.09. The van der Waals surface area contributed by atoms with E-state index in [9.17, 15) is 9.59 Å². The molecule has 0 aliphatic carbocycles. The standard InChI is InChI=1S/C26H23N3O4/c1-18(30)27-21-10-14-23(15-11-21)33-26(31)24-17-29(16-19-6-4-3-5-7-19)28-25(24)20-8-12-22(32-2)13-9-20/h3-15,17H,16H2,1-2H3,(H,27,30). The zero-order valence-electron chi connectivity index (χ0n) is 18.3. The molecule has 4 rings (SSSR count). The molecule has 1 N–H and O–H groups in total. The molecule has 4 aromatic rings. The van der Waals surface area contributed by atoms with Crippen molar-refractivity contribution in [2.75, 3.05) is 12.4 Å². The number of carbonyl (C=O) groups excluding carboxylic acids is 2. The van der Waals surface area contributed by atoms with Gasteiger partial charge in [0.1, 0.15) is 22.8 Å². The molecule has 0 unspecified atom stereocenters. The molecule has 3 aromatic carbocycles. The first kappa shape index (κ1) is 21.8. The van der Waals surface area contributed by atoms with Crippen molar-refractivity contribution in [2.24, 2.45) is 0 Å². The van der Waals surface area contributed by atoms with Crippen molar-refractivity contribution in [1.82, 2.24) is 9.78 Å². The molecular weight excluding hydrogens is 418 g/mol. The maximum atomic E-state index is 13.1. The van der Waals surface area contributed by atoms with Crippen molar-refractivity contribution in [2.45, 2.75) is 13.5 Å². The third-order valence-corrected chi connectivity index (χ3v) is 4.92. The van der Waals surface area contributed by atoms with Crippen molar-refractivity contribution in [3.63, 3.8) is 0 Å². The van der Waals surface area contributed by atoms with Crippen LogP contribution in [0.5, 0.6) is 11.5 Å². The van der Waals surface area contributed by atoms with Crippen molar-refractivity contribution in [1.29, 1.82) is 0 Å². The Hall–Kier alpha value is -4.39. The number of nitrogens with one attached hydrogen (secondary N) is 1. The summed E-state index contributed by atoms with van der Waals surface area (Å²) in [5.74, 6) is 0.388. The minimum absolute atomic E-state index is 0.172. The molecular formula is C26H23N3O4. The monoisotopic (exact) mass is 441 g/mol. The van der Waals surface area contributed by atoms with Crippen LogP contribution in [0.2, 0.25) is 0 Å². The number of nitrogens with zero attached hydrogens (tertiary/aromatic N) is 2. The average Bonchev–Trinajstić information content (AvgIpc) is 3.24. The molecule has 0 radical (unpaired) electrons. The number of hydrogen-bond donors (Lipinski definition) is 1. The van der Waals surface area contributed by atoms with E-state index >= 15 is 0 Å². The van der Waals surface area contributed by atoms with Crippen LogP contribution in [-0.4, -0.2) is 28.8 Å². The topological polar surface area (TPSA) is 82.5 Å². The van der Waals surface area contributed by atoms with E-state index < -0.39 is 5.97 Å². The Morgan fingerprint density at radius 2 is 1.58 bits per heavy atom. The van der Waals surface area contributed by atoms with Gasteiger partial charge >= 0.3 is 5.97 Å². The molecule has 0 bridgehead atoms. The highest BCUT2D eigenvalue weighted by atomic mass is 16.5. The van der Waals surface area contributed by atoms with Gasteiger partial charge in [0.05, 0.1) is 13.7 Å². The number of rotatable bonds is 7. The highest BCUT2D eigenvalue weighted by Crippen LogP contribution is 2.26. The van der Waals surface area contributed by atoms with Gasteiger partial charge in [-0.25, -0.2) is 4.79 Å². The number of anilines is 1. The number of hydrogen-bond acceptors (Lipinski definition) is 5. The lowest BCUT2D eigenvalue weighted by atomic mass is 10.1. The van der Waals surface area contributed by atoms with Crippen LogP contribution in [-0.2, 0) is 11.3 Å². The van der Waals surface area contributed by atoms with Gasteiger partial charge in [0.25, 0.3) is 0 Å². The number of esters is 1. The second-order valence-electron chi connectivity index (χ2n) is 7.40. The van der Waals surface area contributed by atoms with Gasteiger partial charge in [0, 0.05) is 24.4 Å². The van der Waals surface area contributed by atoms with Gasteiger partial charge in [-0.1, -0.05) is 30.3 Å². The third-order valence-electron chi connectivity index (χ3n) is 4.92. The predicted octanol–water partition coefficient (Wildman–Crippen LogP) is 4.78. The fraction of sp³-hybridized carbons (Fsp3) is 0.115. The van der Waals surface area contributed by atoms with Crippen molar-refractivity contribution >= 4 is 17.6 Å². The quantitative estimate of drug-likeness (QED) is 0.330. The zero-order valence-corrected chi connectivity index (χ0v) is 18.3. The van der Waals surface area contributed by atoms with E-state index in [1.54, 1.807) is 42.3 Å². The van der Waals surface area contributed by atoms with E-state index in [-0.39, 0.29) is 5.91 Å². The fourth-order valence-corrected chi connectivity index (χ4v) is 3.36. The van der Waals surface area contributed by atoms with Gasteiger partial charge in [0.2, 0.25) is 5.91 Å². The first-order valence-corrected chi connectivity index (χ1v) is 10.4. The Morgan fingerprint density at radius 1 is 0.909 bits per heavy atom. The summed E-state index contributed by atoms with van der Waals surface area (Å²) in [4.78, 5) is 24.3. The highest BCUT2D eigenvalue weighted by Gasteiger charge is 2.20. The van der Waals surface area contributed by atoms with E-state index in [2.05, 4.69) is 10.4 Å². The Labute approximate surface area is 191 Å². The summed E-state index contributed by atoms with van der Waals surface area (Å²) in [5, 5.41) is 7.35. The van der Waals surface area contributed by atoms with Crippen molar-refractivity contribution in [3.05, 3.63) is 96.2 Å². The normalized spacial score (nSPS) is 10.5. The molecule has 33 heavy (non-hydrogen) atoms. The number of ether oxygens (including phenoxy) is 2. The van der Waals surface area contributed by atoms with Crippen LogP contribution in [0, 0.1) is 0 Å². The molecule has 0 atom stereocenters. The molecule has 1 amide bonds. The highest BCUT2D eigenvalue weighted by molar-refractivity contribution is 5.97. The minimum Gasteiger partial charge on any atom is -0.497 e. The largest absolute Gasteiger partial charge is 0.497 e. The molecule has 166 valence electrons.